The Bertz CT molecular complexity index is 1020. The Labute approximate surface area is 176 Å². The molecule has 0 fully saturated rings. The van der Waals surface area contributed by atoms with Crippen molar-refractivity contribution in [2.24, 2.45) is 0 Å². The molecule has 0 bridgehead atoms. The molecule has 156 valence electrons. The van der Waals surface area contributed by atoms with Crippen molar-refractivity contribution in [3.63, 3.8) is 0 Å². The zero-order valence-electron chi connectivity index (χ0n) is 17.3. The molecule has 0 heterocycles. The van der Waals surface area contributed by atoms with Crippen molar-refractivity contribution in [2.75, 3.05) is 6.61 Å². The van der Waals surface area contributed by atoms with Gasteiger partial charge in [0.05, 0.1) is 13.2 Å². The van der Waals surface area contributed by atoms with E-state index in [4.69, 9.17) is 9.84 Å². The standard InChI is InChI=1S/C26H26F2O2/c1-18-8-9-21(15-19(18)2)16-22(24-6-3-7-25(27)26(24)28)5-4-14-30-23-12-10-20(17-29)11-13-23/h3,6-13,15-16,29H,4-5,14,17H2,1-2H3/b22-16-. The number of aryl methyl sites for hydroxylation is 2. The van der Waals surface area contributed by atoms with Gasteiger partial charge in [0.25, 0.3) is 0 Å². The monoisotopic (exact) mass is 408 g/mol. The number of halogens is 2. The molecule has 30 heavy (non-hydrogen) atoms. The molecule has 0 aromatic heterocycles. The summed E-state index contributed by atoms with van der Waals surface area (Å²) in [4.78, 5) is 0. The lowest BCUT2D eigenvalue weighted by Crippen LogP contribution is -2.00. The van der Waals surface area contributed by atoms with Gasteiger partial charge in [0.15, 0.2) is 11.6 Å². The molecule has 0 radical (unpaired) electrons. The fourth-order valence-electron chi connectivity index (χ4n) is 3.24. The molecule has 3 aromatic rings. The van der Waals surface area contributed by atoms with E-state index in [1.165, 1.54) is 11.6 Å². The minimum absolute atomic E-state index is 0.00782. The van der Waals surface area contributed by atoms with E-state index in [-0.39, 0.29) is 12.2 Å². The fourth-order valence-corrected chi connectivity index (χ4v) is 3.24. The maximum atomic E-state index is 14.5. The highest BCUT2D eigenvalue weighted by Crippen LogP contribution is 2.27. The van der Waals surface area contributed by atoms with Crippen LogP contribution in [0.2, 0.25) is 0 Å². The van der Waals surface area contributed by atoms with Crippen molar-refractivity contribution in [3.05, 3.63) is 100 Å². The summed E-state index contributed by atoms with van der Waals surface area (Å²) >= 11 is 0. The van der Waals surface area contributed by atoms with Gasteiger partial charge in [-0.15, -0.1) is 0 Å². The van der Waals surface area contributed by atoms with Gasteiger partial charge in [-0.3, -0.25) is 0 Å². The van der Waals surface area contributed by atoms with Gasteiger partial charge in [-0.05, 0) is 72.7 Å². The van der Waals surface area contributed by atoms with Gasteiger partial charge in [-0.1, -0.05) is 48.5 Å². The first kappa shape index (κ1) is 21.7. The number of aliphatic hydroxyl groups excluding tert-OH is 1. The molecule has 4 heteroatoms. The van der Waals surface area contributed by atoms with Crippen molar-refractivity contribution in [2.45, 2.75) is 33.3 Å². The molecule has 0 saturated heterocycles. The van der Waals surface area contributed by atoms with Crippen LogP contribution in [-0.2, 0) is 6.61 Å². The van der Waals surface area contributed by atoms with Gasteiger partial charge < -0.3 is 9.84 Å². The first-order valence-corrected chi connectivity index (χ1v) is 10.0. The molecule has 0 amide bonds. The maximum absolute atomic E-state index is 14.5. The topological polar surface area (TPSA) is 29.5 Å². The summed E-state index contributed by atoms with van der Waals surface area (Å²) in [5, 5.41) is 9.10. The van der Waals surface area contributed by atoms with E-state index in [1.807, 2.05) is 62.4 Å². The molecule has 0 atom stereocenters. The maximum Gasteiger partial charge on any atom is 0.166 e. The summed E-state index contributed by atoms with van der Waals surface area (Å²) in [6, 6.07) is 17.6. The summed E-state index contributed by atoms with van der Waals surface area (Å²) in [5.74, 6) is -0.962. The van der Waals surface area contributed by atoms with Crippen LogP contribution in [0.3, 0.4) is 0 Å². The molecule has 0 saturated carbocycles. The van der Waals surface area contributed by atoms with Crippen LogP contribution in [0, 0.1) is 25.5 Å². The van der Waals surface area contributed by atoms with Crippen LogP contribution >= 0.6 is 0 Å². The Morgan fingerprint density at radius 2 is 1.73 bits per heavy atom. The first-order chi connectivity index (χ1) is 14.5. The molecule has 3 aromatic carbocycles. The van der Waals surface area contributed by atoms with E-state index in [9.17, 15) is 8.78 Å². The third-order valence-electron chi connectivity index (χ3n) is 5.13. The van der Waals surface area contributed by atoms with Gasteiger partial charge in [-0.25, -0.2) is 8.78 Å². The largest absolute Gasteiger partial charge is 0.494 e. The Morgan fingerprint density at radius 1 is 0.967 bits per heavy atom. The van der Waals surface area contributed by atoms with E-state index < -0.39 is 11.6 Å². The van der Waals surface area contributed by atoms with E-state index in [2.05, 4.69) is 0 Å². The normalized spacial score (nSPS) is 11.6. The van der Waals surface area contributed by atoms with E-state index >= 15 is 0 Å². The fraction of sp³-hybridized carbons (Fsp3) is 0.231. The highest BCUT2D eigenvalue weighted by Gasteiger charge is 2.12. The van der Waals surface area contributed by atoms with Crippen molar-refractivity contribution >= 4 is 11.6 Å². The molecular formula is C26H26F2O2. The van der Waals surface area contributed by atoms with Gasteiger partial charge >= 0.3 is 0 Å². The average Bonchev–Trinajstić information content (AvgIpc) is 2.75. The van der Waals surface area contributed by atoms with Gasteiger partial charge in [-0.2, -0.15) is 0 Å². The molecule has 0 aliphatic rings. The summed E-state index contributed by atoms with van der Waals surface area (Å²) in [5.41, 5.74) is 5.12. The van der Waals surface area contributed by atoms with Crippen molar-refractivity contribution in [1.29, 1.82) is 0 Å². The third kappa shape index (κ3) is 5.55. The zero-order chi connectivity index (χ0) is 21.5. The number of aliphatic hydroxyl groups is 1. The van der Waals surface area contributed by atoms with Crippen molar-refractivity contribution in [3.8, 4) is 5.75 Å². The molecule has 3 rings (SSSR count). The van der Waals surface area contributed by atoms with Crippen LogP contribution in [0.15, 0.2) is 60.7 Å². The number of ether oxygens (including phenoxy) is 1. The highest BCUT2D eigenvalue weighted by molar-refractivity contribution is 5.82. The Kier molecular flexibility index (Phi) is 7.36. The first-order valence-electron chi connectivity index (χ1n) is 10.0. The quantitative estimate of drug-likeness (QED) is 0.342. The lowest BCUT2D eigenvalue weighted by molar-refractivity contribution is 0.281. The second kappa shape index (κ2) is 10.2. The predicted octanol–water partition coefficient (Wildman–Crippen LogP) is 6.47. The molecule has 0 spiro atoms. The van der Waals surface area contributed by atoms with Crippen LogP contribution in [0.5, 0.6) is 5.75 Å². The number of allylic oxidation sites excluding steroid dienone is 1. The second-order valence-corrected chi connectivity index (χ2v) is 7.37. The van der Waals surface area contributed by atoms with Crippen molar-refractivity contribution in [1.82, 2.24) is 0 Å². The number of hydrogen-bond donors (Lipinski definition) is 1. The molecule has 0 aliphatic carbocycles. The number of hydrogen-bond acceptors (Lipinski definition) is 2. The van der Waals surface area contributed by atoms with Crippen molar-refractivity contribution < 1.29 is 18.6 Å². The smallest absolute Gasteiger partial charge is 0.166 e. The van der Waals surface area contributed by atoms with Crippen LogP contribution < -0.4 is 4.74 Å². The van der Waals surface area contributed by atoms with Gasteiger partial charge in [0.2, 0.25) is 0 Å². The van der Waals surface area contributed by atoms with Crippen LogP contribution in [0.25, 0.3) is 11.6 Å². The van der Waals surface area contributed by atoms with Crippen LogP contribution in [0.1, 0.15) is 40.7 Å². The molecule has 2 nitrogen and oxygen atoms in total. The van der Waals surface area contributed by atoms with Crippen LogP contribution in [-0.4, -0.2) is 11.7 Å². The summed E-state index contributed by atoms with van der Waals surface area (Å²) in [7, 11) is 0. The van der Waals surface area contributed by atoms with E-state index in [0.717, 1.165) is 28.3 Å². The lowest BCUT2D eigenvalue weighted by atomic mass is 9.96. The number of rotatable bonds is 8. The molecule has 0 unspecified atom stereocenters. The average molecular weight is 408 g/mol. The lowest BCUT2D eigenvalue weighted by Gasteiger charge is -2.12. The molecule has 0 aliphatic heterocycles. The Balaban J connectivity index is 1.76. The second-order valence-electron chi connectivity index (χ2n) is 7.37. The predicted molar refractivity (Wildman–Crippen MR) is 117 cm³/mol. The number of benzene rings is 3. The van der Waals surface area contributed by atoms with E-state index in [0.29, 0.717) is 25.2 Å². The third-order valence-corrected chi connectivity index (χ3v) is 5.13. The zero-order valence-corrected chi connectivity index (χ0v) is 17.3. The molecule has 1 N–H and O–H groups in total. The van der Waals surface area contributed by atoms with Gasteiger partial charge in [0, 0.05) is 5.56 Å². The molecular weight excluding hydrogens is 382 g/mol. The Morgan fingerprint density at radius 3 is 2.43 bits per heavy atom. The highest BCUT2D eigenvalue weighted by atomic mass is 19.2. The summed E-state index contributed by atoms with van der Waals surface area (Å²) < 4.78 is 34.1. The SMILES string of the molecule is Cc1ccc(/C=C(/CCCOc2ccc(CO)cc2)c2cccc(F)c2F)cc1C. The minimum Gasteiger partial charge on any atom is -0.494 e. The summed E-state index contributed by atoms with van der Waals surface area (Å²) in [6.45, 7) is 4.51. The summed E-state index contributed by atoms with van der Waals surface area (Å²) in [6.07, 6.45) is 3.11. The Hall–Kier alpha value is -2.98. The van der Waals surface area contributed by atoms with Crippen LogP contribution in [0.4, 0.5) is 8.78 Å². The minimum atomic E-state index is -0.848. The van der Waals surface area contributed by atoms with Gasteiger partial charge in [0.1, 0.15) is 5.75 Å². The van der Waals surface area contributed by atoms with E-state index in [1.54, 1.807) is 6.07 Å².